The molecule has 156 valence electrons. The van der Waals surface area contributed by atoms with Crippen LogP contribution in [0.25, 0.3) is 5.69 Å². The zero-order valence-corrected chi connectivity index (χ0v) is 17.8. The van der Waals surface area contributed by atoms with Gasteiger partial charge in [-0.1, -0.05) is 46.1 Å². The Bertz CT molecular complexity index is 1210. The third-order valence-electron chi connectivity index (χ3n) is 5.38. The maximum Gasteiger partial charge on any atom is 0.263 e. The molecule has 0 radical (unpaired) electrons. The van der Waals surface area contributed by atoms with Gasteiger partial charge in [0.2, 0.25) is 0 Å². The van der Waals surface area contributed by atoms with Gasteiger partial charge in [0.15, 0.2) is 17.2 Å². The normalized spacial score (nSPS) is 20.1. The van der Waals surface area contributed by atoms with Crippen LogP contribution in [-0.2, 0) is 16.1 Å². The number of amides is 2. The van der Waals surface area contributed by atoms with Crippen LogP contribution in [0.4, 0.5) is 5.69 Å². The standard InChI is InChI=1S/C21H16Cl2N6O2/c1-12-2-6-15(7-3-12)29-20(30)17-18(21(29)31)28(26-25-17)10-16-19(23)24-11-27(16)14-8-4-13(22)5-9-14/h2-9,11,17-18H,10H2,1H3. The van der Waals surface area contributed by atoms with Crippen LogP contribution in [0.2, 0.25) is 10.2 Å². The summed E-state index contributed by atoms with van der Waals surface area (Å²) in [4.78, 5) is 31.4. The summed E-state index contributed by atoms with van der Waals surface area (Å²) in [6, 6.07) is 12.7. The first-order valence-corrected chi connectivity index (χ1v) is 10.3. The molecule has 2 aliphatic rings. The minimum absolute atomic E-state index is 0.160. The van der Waals surface area contributed by atoms with Crippen molar-refractivity contribution in [2.75, 3.05) is 4.90 Å². The van der Waals surface area contributed by atoms with Gasteiger partial charge < -0.3 is 0 Å². The fourth-order valence-corrected chi connectivity index (χ4v) is 4.09. The molecular weight excluding hydrogens is 439 g/mol. The van der Waals surface area contributed by atoms with Gasteiger partial charge in [-0.05, 0) is 43.3 Å². The number of rotatable bonds is 4. The maximum atomic E-state index is 13.2. The minimum Gasteiger partial charge on any atom is -0.300 e. The molecule has 1 aromatic heterocycles. The largest absolute Gasteiger partial charge is 0.300 e. The summed E-state index contributed by atoms with van der Waals surface area (Å²) in [7, 11) is 0. The van der Waals surface area contributed by atoms with Gasteiger partial charge >= 0.3 is 0 Å². The Hall–Kier alpha value is -3.23. The Balaban J connectivity index is 1.44. The van der Waals surface area contributed by atoms with E-state index < -0.39 is 12.1 Å². The van der Waals surface area contributed by atoms with E-state index in [0.717, 1.165) is 11.3 Å². The number of hydrogen-bond donors (Lipinski definition) is 0. The highest BCUT2D eigenvalue weighted by Gasteiger charge is 2.54. The van der Waals surface area contributed by atoms with Crippen LogP contribution in [0.1, 0.15) is 11.3 Å². The number of fused-ring (bicyclic) bond motifs is 1. The molecular formula is C21H16Cl2N6O2. The van der Waals surface area contributed by atoms with Crippen molar-refractivity contribution in [2.45, 2.75) is 25.6 Å². The van der Waals surface area contributed by atoms with Crippen molar-refractivity contribution < 1.29 is 9.59 Å². The summed E-state index contributed by atoms with van der Waals surface area (Å²) in [5.74, 6) is -0.750. The van der Waals surface area contributed by atoms with E-state index in [1.165, 1.54) is 9.91 Å². The lowest BCUT2D eigenvalue weighted by Gasteiger charge is -2.21. The third kappa shape index (κ3) is 3.28. The molecule has 2 unspecified atom stereocenters. The molecule has 1 fully saturated rings. The smallest absolute Gasteiger partial charge is 0.263 e. The molecule has 31 heavy (non-hydrogen) atoms. The number of imidazole rings is 1. The summed E-state index contributed by atoms with van der Waals surface area (Å²) in [5, 5.41) is 10.6. The highest BCUT2D eigenvalue weighted by molar-refractivity contribution is 6.30. The quantitative estimate of drug-likeness (QED) is 0.558. The SMILES string of the molecule is Cc1ccc(N2C(=O)C3N=NN(Cc4c(Cl)ncn4-c4ccc(Cl)cc4)C3C2=O)cc1. The van der Waals surface area contributed by atoms with Crippen LogP contribution in [-0.4, -0.2) is 38.5 Å². The summed E-state index contributed by atoms with van der Waals surface area (Å²) in [6.07, 6.45) is 1.59. The van der Waals surface area contributed by atoms with E-state index in [1.54, 1.807) is 35.2 Å². The molecule has 8 nitrogen and oxygen atoms in total. The highest BCUT2D eigenvalue weighted by atomic mass is 35.5. The molecule has 0 aliphatic carbocycles. The Labute approximate surface area is 187 Å². The minimum atomic E-state index is -0.875. The van der Waals surface area contributed by atoms with E-state index in [-0.39, 0.29) is 23.5 Å². The summed E-state index contributed by atoms with van der Waals surface area (Å²) in [5.41, 5.74) is 2.99. The summed E-state index contributed by atoms with van der Waals surface area (Å²) >= 11 is 12.3. The van der Waals surface area contributed by atoms with Crippen molar-refractivity contribution in [3.63, 3.8) is 0 Å². The van der Waals surface area contributed by atoms with Crippen LogP contribution in [0.15, 0.2) is 65.2 Å². The average Bonchev–Trinajstić information content (AvgIpc) is 3.41. The lowest BCUT2D eigenvalue weighted by Crippen LogP contribution is -2.39. The van der Waals surface area contributed by atoms with Crippen molar-refractivity contribution in [3.05, 3.63) is 76.3 Å². The van der Waals surface area contributed by atoms with E-state index in [0.29, 0.717) is 16.4 Å². The number of nitrogens with zero attached hydrogens (tertiary/aromatic N) is 6. The monoisotopic (exact) mass is 454 g/mol. The molecule has 2 amide bonds. The summed E-state index contributed by atoms with van der Waals surface area (Å²) in [6.45, 7) is 2.10. The van der Waals surface area contributed by atoms with Crippen LogP contribution in [0.3, 0.4) is 0 Å². The molecule has 10 heteroatoms. The molecule has 0 bridgehead atoms. The second-order valence-electron chi connectivity index (χ2n) is 7.37. The van der Waals surface area contributed by atoms with Crippen molar-refractivity contribution in [1.82, 2.24) is 14.6 Å². The van der Waals surface area contributed by atoms with Crippen molar-refractivity contribution >= 4 is 40.7 Å². The van der Waals surface area contributed by atoms with E-state index in [4.69, 9.17) is 23.2 Å². The Kier molecular flexibility index (Phi) is 4.75. The van der Waals surface area contributed by atoms with Crippen molar-refractivity contribution in [3.8, 4) is 5.69 Å². The zero-order valence-electron chi connectivity index (χ0n) is 16.3. The number of benzene rings is 2. The van der Waals surface area contributed by atoms with E-state index in [1.807, 2.05) is 31.2 Å². The van der Waals surface area contributed by atoms with Crippen LogP contribution in [0, 0.1) is 6.92 Å². The molecule has 0 N–H and O–H groups in total. The molecule has 2 aliphatic heterocycles. The molecule has 0 saturated carbocycles. The number of carbonyl (C=O) groups is 2. The first-order valence-electron chi connectivity index (χ1n) is 9.53. The second-order valence-corrected chi connectivity index (χ2v) is 8.16. The van der Waals surface area contributed by atoms with Gasteiger partial charge in [-0.3, -0.25) is 19.2 Å². The van der Waals surface area contributed by atoms with Gasteiger partial charge in [0.1, 0.15) is 6.33 Å². The molecule has 1 saturated heterocycles. The molecule has 3 aromatic rings. The molecule has 2 aromatic carbocycles. The molecule has 2 atom stereocenters. The summed E-state index contributed by atoms with van der Waals surface area (Å²) < 4.78 is 1.79. The zero-order chi connectivity index (χ0) is 21.7. The Morgan fingerprint density at radius 3 is 2.32 bits per heavy atom. The number of aryl methyl sites for hydroxylation is 1. The first kappa shape index (κ1) is 19.7. The molecule has 5 rings (SSSR count). The van der Waals surface area contributed by atoms with Gasteiger partial charge in [0.25, 0.3) is 11.8 Å². The van der Waals surface area contributed by atoms with E-state index in [2.05, 4.69) is 15.3 Å². The van der Waals surface area contributed by atoms with Gasteiger partial charge in [-0.15, -0.1) is 0 Å². The van der Waals surface area contributed by atoms with Gasteiger partial charge in [0.05, 0.1) is 17.9 Å². The number of imide groups is 1. The predicted molar refractivity (Wildman–Crippen MR) is 115 cm³/mol. The third-order valence-corrected chi connectivity index (χ3v) is 5.95. The van der Waals surface area contributed by atoms with Crippen LogP contribution in [0.5, 0.6) is 0 Å². The fourth-order valence-electron chi connectivity index (χ4n) is 3.77. The van der Waals surface area contributed by atoms with Crippen LogP contribution >= 0.6 is 23.2 Å². The Morgan fingerprint density at radius 2 is 1.61 bits per heavy atom. The van der Waals surface area contributed by atoms with Gasteiger partial charge in [-0.25, -0.2) is 9.88 Å². The van der Waals surface area contributed by atoms with E-state index >= 15 is 0 Å². The van der Waals surface area contributed by atoms with E-state index in [9.17, 15) is 9.59 Å². The lowest BCUT2D eigenvalue weighted by molar-refractivity contribution is -0.123. The van der Waals surface area contributed by atoms with Crippen molar-refractivity contribution in [1.29, 1.82) is 0 Å². The first-order chi connectivity index (χ1) is 14.9. The van der Waals surface area contributed by atoms with Crippen LogP contribution < -0.4 is 4.90 Å². The number of hydrogen-bond acceptors (Lipinski definition) is 6. The fraction of sp³-hybridized carbons (Fsp3) is 0.190. The van der Waals surface area contributed by atoms with Crippen molar-refractivity contribution in [2.24, 2.45) is 10.3 Å². The highest BCUT2D eigenvalue weighted by Crippen LogP contribution is 2.34. The topological polar surface area (TPSA) is 83.2 Å². The van der Waals surface area contributed by atoms with Gasteiger partial charge in [-0.2, -0.15) is 5.11 Å². The maximum absolute atomic E-state index is 13.2. The number of halogens is 2. The Morgan fingerprint density at radius 1 is 0.935 bits per heavy atom. The number of carbonyl (C=O) groups excluding carboxylic acids is 2. The molecule has 0 spiro atoms. The predicted octanol–water partition coefficient (Wildman–Crippen LogP) is 3.98. The number of anilines is 1. The average molecular weight is 455 g/mol. The lowest BCUT2D eigenvalue weighted by atomic mass is 10.1. The second kappa shape index (κ2) is 7.47. The van der Waals surface area contributed by atoms with Gasteiger partial charge in [0, 0.05) is 10.7 Å². The molecule has 3 heterocycles. The number of aromatic nitrogens is 2.